The quantitative estimate of drug-likeness (QED) is 0.130. The zero-order valence-corrected chi connectivity index (χ0v) is 35.5. The van der Waals surface area contributed by atoms with E-state index < -0.39 is 46.8 Å². The van der Waals surface area contributed by atoms with E-state index in [4.69, 9.17) is 21.4 Å². The molecule has 2 aliphatic carbocycles. The van der Waals surface area contributed by atoms with Crippen molar-refractivity contribution in [3.63, 3.8) is 0 Å². The average Bonchev–Trinajstić information content (AvgIpc) is 3.92. The second-order valence-electron chi connectivity index (χ2n) is 17.3. The number of hydrogen-bond acceptors (Lipinski definition) is 9. The number of anilines is 1. The molecule has 6 atom stereocenters. The van der Waals surface area contributed by atoms with Crippen LogP contribution in [0.2, 0.25) is 5.02 Å². The van der Waals surface area contributed by atoms with E-state index in [1.54, 1.807) is 52.2 Å². The number of likely N-dealkylation sites (tertiary alicyclic amines) is 2. The number of imide groups is 2. The summed E-state index contributed by atoms with van der Waals surface area (Å²) >= 11 is 7.92. The van der Waals surface area contributed by atoms with E-state index in [1.165, 1.54) is 17.6 Å². The zero-order chi connectivity index (χ0) is 41.8. The fourth-order valence-corrected chi connectivity index (χ4v) is 12.6. The van der Waals surface area contributed by atoms with Gasteiger partial charge in [-0.2, -0.15) is 5.10 Å². The zero-order valence-electron chi connectivity index (χ0n) is 33.9. The highest BCUT2D eigenvalue weighted by Gasteiger charge is 2.68. The van der Waals surface area contributed by atoms with Crippen molar-refractivity contribution in [2.75, 3.05) is 25.1 Å². The number of fused-ring (bicyclic) bond motifs is 5. The lowest BCUT2D eigenvalue weighted by Crippen LogP contribution is -2.49. The van der Waals surface area contributed by atoms with E-state index in [-0.39, 0.29) is 30.0 Å². The molecule has 2 aromatic heterocycles. The van der Waals surface area contributed by atoms with Crippen LogP contribution in [0.5, 0.6) is 11.5 Å². The first kappa shape index (κ1) is 38.9. The number of aryl methyl sites for hydroxylation is 2. The Kier molecular flexibility index (Phi) is 9.34. The summed E-state index contributed by atoms with van der Waals surface area (Å²) in [6.45, 7) is 6.18. The molecule has 3 aromatic carbocycles. The van der Waals surface area contributed by atoms with Gasteiger partial charge >= 0.3 is 0 Å². The van der Waals surface area contributed by atoms with Gasteiger partial charge in [0.25, 0.3) is 0 Å². The van der Waals surface area contributed by atoms with E-state index in [2.05, 4.69) is 17.0 Å². The molecule has 3 saturated heterocycles. The van der Waals surface area contributed by atoms with Gasteiger partial charge in [0.1, 0.15) is 23.0 Å². The minimum atomic E-state index is -1.37. The number of carbonyl (C=O) groups excluding carboxylic acids is 4. The molecule has 11 nitrogen and oxygen atoms in total. The second-order valence-corrected chi connectivity index (χ2v) is 18.8. The number of thiophene rings is 1. The number of rotatable bonds is 7. The molecule has 3 aliphatic heterocycles. The highest BCUT2D eigenvalue weighted by atomic mass is 35.5. The van der Waals surface area contributed by atoms with Gasteiger partial charge in [0.2, 0.25) is 23.6 Å². The van der Waals surface area contributed by atoms with Gasteiger partial charge in [-0.05, 0) is 92.3 Å². The van der Waals surface area contributed by atoms with E-state index in [1.807, 2.05) is 56.3 Å². The Morgan fingerprint density at radius 2 is 1.72 bits per heavy atom. The summed E-state index contributed by atoms with van der Waals surface area (Å²) in [5, 5.41) is 18.1. The van der Waals surface area contributed by atoms with Crippen LogP contribution < -0.4 is 9.64 Å². The molecule has 4 amide bonds. The molecule has 10 rings (SSSR count). The number of amides is 4. The van der Waals surface area contributed by atoms with Gasteiger partial charge in [0.05, 0.1) is 35.2 Å². The highest BCUT2D eigenvalue weighted by Crippen LogP contribution is 2.65. The van der Waals surface area contributed by atoms with E-state index in [0.29, 0.717) is 47.1 Å². The molecule has 1 saturated carbocycles. The van der Waals surface area contributed by atoms with Crippen LogP contribution in [0.15, 0.2) is 84.4 Å². The molecule has 0 spiro atoms. The molecule has 0 bridgehead atoms. The summed E-state index contributed by atoms with van der Waals surface area (Å²) in [5.41, 5.74) is 2.68. The van der Waals surface area contributed by atoms with Crippen LogP contribution in [0.25, 0.3) is 20.7 Å². The van der Waals surface area contributed by atoms with Gasteiger partial charge in [-0.3, -0.25) is 33.7 Å². The maximum atomic E-state index is 15.3. The molecular weight excluding hydrogens is 798 g/mol. The smallest absolute Gasteiger partial charge is 0.242 e. The lowest BCUT2D eigenvalue weighted by molar-refractivity contribution is -0.144. The maximum Gasteiger partial charge on any atom is 0.242 e. The molecule has 0 radical (unpaired) electrons. The number of benzene rings is 3. The highest BCUT2D eigenvalue weighted by molar-refractivity contribution is 7.22. The molecule has 60 heavy (non-hydrogen) atoms. The third-order valence-electron chi connectivity index (χ3n) is 14.2. The van der Waals surface area contributed by atoms with Crippen molar-refractivity contribution in [3.8, 4) is 22.1 Å². The van der Waals surface area contributed by atoms with Gasteiger partial charge in [0, 0.05) is 60.0 Å². The fourth-order valence-electron chi connectivity index (χ4n) is 11.3. The lowest BCUT2D eigenvalue weighted by atomic mass is 9.51. The Balaban J connectivity index is 1.01. The topological polar surface area (TPSA) is 125 Å². The summed E-state index contributed by atoms with van der Waals surface area (Å²) in [6, 6.07) is 22.6. The van der Waals surface area contributed by atoms with E-state index in [9.17, 15) is 14.7 Å². The van der Waals surface area contributed by atoms with Crippen molar-refractivity contribution in [1.82, 2.24) is 19.6 Å². The number of aromatic nitrogens is 2. The number of phenolic OH excluding ortho intramolecular Hbond substituents is 1. The van der Waals surface area contributed by atoms with Crippen molar-refractivity contribution in [2.45, 2.75) is 58.0 Å². The Hall–Kier alpha value is -5.30. The van der Waals surface area contributed by atoms with Crippen LogP contribution in [0.3, 0.4) is 0 Å². The number of ether oxygens (including phenoxy) is 1. The van der Waals surface area contributed by atoms with E-state index in [0.717, 1.165) is 45.7 Å². The first-order chi connectivity index (χ1) is 28.9. The number of allylic oxidation sites excluding steroid dienone is 2. The van der Waals surface area contributed by atoms with Crippen LogP contribution in [0.4, 0.5) is 5.82 Å². The Morgan fingerprint density at radius 3 is 2.47 bits per heavy atom. The van der Waals surface area contributed by atoms with Crippen LogP contribution in [-0.2, 0) is 32.8 Å². The number of piperidine rings is 1. The van der Waals surface area contributed by atoms with Gasteiger partial charge in [-0.25, -0.2) is 4.90 Å². The molecule has 4 fully saturated rings. The van der Waals surface area contributed by atoms with Gasteiger partial charge in [-0.15, -0.1) is 11.3 Å². The van der Waals surface area contributed by atoms with Gasteiger partial charge in [-0.1, -0.05) is 59.6 Å². The fraction of sp³-hybridized carbons (Fsp3) is 0.383. The average molecular weight is 844 g/mol. The molecule has 13 heteroatoms. The molecule has 5 aliphatic rings. The molecule has 5 aromatic rings. The number of hydrogen-bond donors (Lipinski definition) is 1. The standard InChI is InChI=1S/C47H46ClN5O6S/c1-25-31-21-27(48)13-16-37(31)60-42(25)34-23-38(50(3)49-34)53-44(56)33-22-32-29(41(47(33,2)46(53)58)40-35(54)11-8-12-36(40)59-4)14-15-30-39(32)45(57)52(43(30)55)28-17-19-51(20-18-28)24-26-9-6-5-7-10-26/h5-14,16,21,23,28,30,32-33,39,41,54H,15,17-20,22,24H2,1-4H3/t30-,32+,33-,39-,41+,47+/m0/s1. The van der Waals surface area contributed by atoms with Crippen LogP contribution in [0, 0.1) is 36.0 Å². The molecule has 308 valence electrons. The SMILES string of the molecule is COc1cccc(O)c1[C@H]1C2=CC[C@@H]3C(=O)N(C4CCN(Cc5ccccc5)CC4)C(=O)[C@@H]3[C@@H]2C[C@H]2C(=O)N(c3cc(-c4sc5ccc(Cl)cc5c4C)nn3C)C(=O)[C@@]12C. The maximum absolute atomic E-state index is 15.3. The molecular formula is C47H46ClN5O6S. The molecule has 1 N–H and O–H groups in total. The normalized spacial score (nSPS) is 27.1. The molecule has 0 unspecified atom stereocenters. The molecule has 5 heterocycles. The summed E-state index contributed by atoms with van der Waals surface area (Å²) in [7, 11) is 3.24. The van der Waals surface area contributed by atoms with Crippen LogP contribution >= 0.6 is 22.9 Å². The summed E-state index contributed by atoms with van der Waals surface area (Å²) in [5.74, 6) is -3.96. The monoisotopic (exact) mass is 843 g/mol. The third kappa shape index (κ3) is 5.74. The van der Waals surface area contributed by atoms with Crippen molar-refractivity contribution < 1.29 is 29.0 Å². The van der Waals surface area contributed by atoms with E-state index >= 15 is 9.59 Å². The second kappa shape index (κ2) is 14.4. The minimum Gasteiger partial charge on any atom is -0.508 e. The Labute approximate surface area is 357 Å². The van der Waals surface area contributed by atoms with Crippen molar-refractivity contribution in [3.05, 3.63) is 106 Å². The third-order valence-corrected chi connectivity index (χ3v) is 15.8. The van der Waals surface area contributed by atoms with Gasteiger partial charge in [0.15, 0.2) is 0 Å². The van der Waals surface area contributed by atoms with Crippen molar-refractivity contribution in [2.24, 2.45) is 36.1 Å². The summed E-state index contributed by atoms with van der Waals surface area (Å²) in [6.07, 6.45) is 3.93. The number of phenols is 1. The predicted molar refractivity (Wildman–Crippen MR) is 230 cm³/mol. The predicted octanol–water partition coefficient (Wildman–Crippen LogP) is 7.87. The number of aromatic hydroxyl groups is 1. The largest absolute Gasteiger partial charge is 0.508 e. The first-order valence-electron chi connectivity index (χ1n) is 20.7. The Bertz CT molecular complexity index is 2650. The summed E-state index contributed by atoms with van der Waals surface area (Å²) in [4.78, 5) is 65.6. The van der Waals surface area contributed by atoms with Crippen LogP contribution in [-0.4, -0.2) is 74.6 Å². The first-order valence-corrected chi connectivity index (χ1v) is 21.9. The van der Waals surface area contributed by atoms with Gasteiger partial charge < -0.3 is 9.84 Å². The van der Waals surface area contributed by atoms with Crippen molar-refractivity contribution >= 4 is 62.5 Å². The Morgan fingerprint density at radius 1 is 0.950 bits per heavy atom. The number of nitrogens with zero attached hydrogens (tertiary/aromatic N) is 5. The van der Waals surface area contributed by atoms with Crippen LogP contribution in [0.1, 0.15) is 55.2 Å². The number of carbonyl (C=O) groups is 4. The lowest BCUT2D eigenvalue weighted by Gasteiger charge is -2.49. The minimum absolute atomic E-state index is 0.0671. The number of halogens is 1. The van der Waals surface area contributed by atoms with Crippen molar-refractivity contribution in [1.29, 1.82) is 0 Å². The number of methoxy groups -OCH3 is 1. The summed E-state index contributed by atoms with van der Waals surface area (Å²) < 4.78 is 8.48.